The fourth-order valence-electron chi connectivity index (χ4n) is 0.624. The Hall–Kier alpha value is -0.750. The van der Waals surface area contributed by atoms with E-state index in [-0.39, 0.29) is 11.1 Å². The minimum atomic E-state index is -0.0673. The molecule has 0 atom stereocenters. The summed E-state index contributed by atoms with van der Waals surface area (Å²) in [5.74, 6) is 0.734. The molecule has 5 N–H and O–H groups in total. The quantitative estimate of drug-likeness (QED) is 0.342. The molecule has 0 aliphatic carbocycles. The van der Waals surface area contributed by atoms with Crippen molar-refractivity contribution in [2.24, 2.45) is 16.5 Å². The molecule has 13 heavy (non-hydrogen) atoms. The summed E-state index contributed by atoms with van der Waals surface area (Å²) in [7, 11) is 0. The van der Waals surface area contributed by atoms with Gasteiger partial charge in [-0.25, -0.2) is 0 Å². The van der Waals surface area contributed by atoms with Crippen molar-refractivity contribution >= 4 is 22.9 Å². The van der Waals surface area contributed by atoms with Gasteiger partial charge in [-0.05, 0) is 13.3 Å². The molecule has 0 aliphatic heterocycles. The number of rotatable bonds is 5. The van der Waals surface area contributed by atoms with Crippen LogP contribution in [0.25, 0.3) is 0 Å². The van der Waals surface area contributed by atoms with E-state index in [1.54, 1.807) is 0 Å². The van der Waals surface area contributed by atoms with Gasteiger partial charge in [0.05, 0.1) is 0 Å². The molecule has 0 unspecified atom stereocenters. The van der Waals surface area contributed by atoms with Crippen LogP contribution in [-0.4, -0.2) is 30.1 Å². The molecule has 0 saturated heterocycles. The van der Waals surface area contributed by atoms with Gasteiger partial charge in [-0.2, -0.15) is 4.99 Å². The highest BCUT2D eigenvalue weighted by Crippen LogP contribution is 2.05. The minimum absolute atomic E-state index is 0.0673. The van der Waals surface area contributed by atoms with Crippen LogP contribution in [0.3, 0.4) is 0 Å². The molecule has 0 aliphatic rings. The van der Waals surface area contributed by atoms with Gasteiger partial charge >= 0.3 is 0 Å². The fourth-order valence-corrected chi connectivity index (χ4v) is 1.25. The van der Waals surface area contributed by atoms with Crippen LogP contribution in [0.2, 0.25) is 0 Å². The largest absolute Gasteiger partial charge is 0.382 e. The van der Waals surface area contributed by atoms with Gasteiger partial charge in [0.15, 0.2) is 11.1 Å². The Morgan fingerprint density at radius 3 is 2.77 bits per heavy atom. The lowest BCUT2D eigenvalue weighted by Gasteiger charge is -2.00. The normalized spacial score (nSPS) is 9.62. The molecule has 0 radical (unpaired) electrons. The average Bonchev–Trinajstić information content (AvgIpc) is 2.02. The number of nitrogens with one attached hydrogen (secondary N) is 1. The zero-order valence-electron chi connectivity index (χ0n) is 7.75. The van der Waals surface area contributed by atoms with Crippen LogP contribution in [0.4, 0.5) is 0 Å². The monoisotopic (exact) mass is 204 g/mol. The molecule has 0 amide bonds. The molecule has 0 aromatic rings. The van der Waals surface area contributed by atoms with E-state index in [4.69, 9.17) is 21.6 Å². The maximum atomic E-state index is 7.27. The van der Waals surface area contributed by atoms with Crippen LogP contribution in [0.5, 0.6) is 0 Å². The third kappa shape index (κ3) is 9.16. The van der Waals surface area contributed by atoms with Crippen molar-refractivity contribution in [3.8, 4) is 0 Å². The number of hydrogen-bond donors (Lipinski definition) is 3. The van der Waals surface area contributed by atoms with E-state index in [2.05, 4.69) is 4.99 Å². The second kappa shape index (κ2) is 7.88. The van der Waals surface area contributed by atoms with Crippen molar-refractivity contribution in [3.63, 3.8) is 0 Å². The summed E-state index contributed by atoms with van der Waals surface area (Å²) >= 11 is 1.31. The second-order valence-corrected chi connectivity index (χ2v) is 3.32. The van der Waals surface area contributed by atoms with Crippen LogP contribution in [-0.2, 0) is 4.74 Å². The van der Waals surface area contributed by atoms with Gasteiger partial charge in [0.1, 0.15) is 0 Å². The summed E-state index contributed by atoms with van der Waals surface area (Å²) < 4.78 is 5.13. The number of amidine groups is 1. The summed E-state index contributed by atoms with van der Waals surface area (Å²) in [5.41, 5.74) is 10.2. The average molecular weight is 204 g/mol. The topological polar surface area (TPSA) is 97.5 Å². The Bertz CT molecular complexity index is 179. The van der Waals surface area contributed by atoms with Crippen molar-refractivity contribution in [1.82, 2.24) is 0 Å². The van der Waals surface area contributed by atoms with Crippen molar-refractivity contribution < 1.29 is 4.74 Å². The zero-order chi connectivity index (χ0) is 10.1. The van der Waals surface area contributed by atoms with Gasteiger partial charge < -0.3 is 16.2 Å². The number of thioether (sulfide) groups is 1. The Morgan fingerprint density at radius 2 is 2.23 bits per heavy atom. The van der Waals surface area contributed by atoms with Gasteiger partial charge in [0, 0.05) is 19.0 Å². The maximum absolute atomic E-state index is 7.27. The van der Waals surface area contributed by atoms with Crippen molar-refractivity contribution in [2.45, 2.75) is 13.3 Å². The molecule has 0 aromatic heterocycles. The fraction of sp³-hybridized carbons (Fsp3) is 0.714. The third-order valence-corrected chi connectivity index (χ3v) is 1.96. The highest BCUT2D eigenvalue weighted by atomic mass is 32.2. The van der Waals surface area contributed by atoms with Crippen molar-refractivity contribution in [3.05, 3.63) is 0 Å². The smallest absolute Gasteiger partial charge is 0.193 e. The van der Waals surface area contributed by atoms with E-state index in [1.807, 2.05) is 6.92 Å². The Balaban J connectivity index is 3.33. The van der Waals surface area contributed by atoms with Gasteiger partial charge in [-0.1, -0.05) is 11.8 Å². The van der Waals surface area contributed by atoms with E-state index < -0.39 is 0 Å². The summed E-state index contributed by atoms with van der Waals surface area (Å²) in [4.78, 5) is 3.57. The van der Waals surface area contributed by atoms with Crippen LogP contribution in [0.1, 0.15) is 13.3 Å². The van der Waals surface area contributed by atoms with Gasteiger partial charge in [0.25, 0.3) is 0 Å². The first-order valence-electron chi connectivity index (χ1n) is 4.05. The lowest BCUT2D eigenvalue weighted by Crippen LogP contribution is -2.23. The number of aliphatic imine (C=N–C) groups is 1. The van der Waals surface area contributed by atoms with Gasteiger partial charge in [0.2, 0.25) is 0 Å². The van der Waals surface area contributed by atoms with E-state index in [0.29, 0.717) is 0 Å². The Morgan fingerprint density at radius 1 is 1.54 bits per heavy atom. The van der Waals surface area contributed by atoms with E-state index in [0.717, 1.165) is 25.4 Å². The van der Waals surface area contributed by atoms with Crippen molar-refractivity contribution in [2.75, 3.05) is 19.0 Å². The van der Waals surface area contributed by atoms with Gasteiger partial charge in [-0.15, -0.1) is 0 Å². The van der Waals surface area contributed by atoms with E-state index in [1.165, 1.54) is 11.8 Å². The SMILES string of the molecule is CCOCCCSC(=N)N=C(N)N. The highest BCUT2D eigenvalue weighted by Gasteiger charge is 1.95. The molecule has 5 nitrogen and oxygen atoms in total. The molecule has 0 bridgehead atoms. The second-order valence-electron chi connectivity index (χ2n) is 2.24. The maximum Gasteiger partial charge on any atom is 0.193 e. The predicted octanol–water partition coefficient (Wildman–Crippen LogP) is 0.354. The molecular weight excluding hydrogens is 188 g/mol. The molecule has 0 spiro atoms. The molecule has 6 heteroatoms. The first-order valence-corrected chi connectivity index (χ1v) is 5.04. The van der Waals surface area contributed by atoms with Crippen molar-refractivity contribution in [1.29, 1.82) is 5.41 Å². The minimum Gasteiger partial charge on any atom is -0.382 e. The molecule has 0 heterocycles. The Kier molecular flexibility index (Phi) is 7.42. The zero-order valence-corrected chi connectivity index (χ0v) is 8.56. The van der Waals surface area contributed by atoms with Crippen LogP contribution in [0, 0.1) is 5.41 Å². The Labute approximate surface area is 82.4 Å². The number of nitrogens with zero attached hydrogens (tertiary/aromatic N) is 1. The third-order valence-electron chi connectivity index (χ3n) is 1.11. The number of hydrogen-bond acceptors (Lipinski definition) is 3. The number of nitrogens with two attached hydrogens (primary N) is 2. The molecule has 76 valence electrons. The van der Waals surface area contributed by atoms with E-state index >= 15 is 0 Å². The number of ether oxygens (including phenoxy) is 1. The summed E-state index contributed by atoms with van der Waals surface area (Å²) in [6, 6.07) is 0. The van der Waals surface area contributed by atoms with Gasteiger partial charge in [-0.3, -0.25) is 5.41 Å². The van der Waals surface area contributed by atoms with Crippen LogP contribution < -0.4 is 11.5 Å². The first-order chi connectivity index (χ1) is 6.16. The molecule has 0 rings (SSSR count). The van der Waals surface area contributed by atoms with Crippen LogP contribution >= 0.6 is 11.8 Å². The predicted molar refractivity (Wildman–Crippen MR) is 57.1 cm³/mol. The molecule has 0 saturated carbocycles. The highest BCUT2D eigenvalue weighted by molar-refractivity contribution is 8.13. The number of guanidine groups is 1. The van der Waals surface area contributed by atoms with E-state index in [9.17, 15) is 0 Å². The molecule has 0 fully saturated rings. The first kappa shape index (κ1) is 12.2. The standard InChI is InChI=1S/C7H16N4OS/c1-2-12-4-3-5-13-7(10)11-6(8)9/h2-5H2,1H3,(H5,8,9,10,11). The summed E-state index contributed by atoms with van der Waals surface area (Å²) in [5, 5.41) is 7.42. The molecular formula is C7H16N4OS. The lowest BCUT2D eigenvalue weighted by atomic mass is 10.5. The summed E-state index contributed by atoms with van der Waals surface area (Å²) in [6.07, 6.45) is 0.904. The lowest BCUT2D eigenvalue weighted by molar-refractivity contribution is 0.149. The summed E-state index contributed by atoms with van der Waals surface area (Å²) in [6.45, 7) is 3.41. The molecule has 0 aromatic carbocycles. The van der Waals surface area contributed by atoms with Crippen LogP contribution in [0.15, 0.2) is 4.99 Å².